The van der Waals surface area contributed by atoms with E-state index in [1.807, 2.05) is 60.7 Å². The number of amides is 1. The third kappa shape index (κ3) is 4.83. The molecule has 6 heteroatoms. The molecule has 0 bridgehead atoms. The monoisotopic (exact) mass is 433 g/mol. The van der Waals surface area contributed by atoms with Crippen LogP contribution in [0.25, 0.3) is 10.2 Å². The molecule has 0 saturated heterocycles. The summed E-state index contributed by atoms with van der Waals surface area (Å²) >= 11 is 3.09. The van der Waals surface area contributed by atoms with E-state index >= 15 is 0 Å². The molecule has 4 aromatic rings. The molecule has 1 aromatic heterocycles. The summed E-state index contributed by atoms with van der Waals surface area (Å²) < 4.78 is 2.06. The smallest absolute Gasteiger partial charge is 0.234 e. The molecule has 0 fully saturated rings. The van der Waals surface area contributed by atoms with Crippen molar-refractivity contribution in [1.29, 1.82) is 0 Å². The highest BCUT2D eigenvalue weighted by atomic mass is 32.2. The highest BCUT2D eigenvalue weighted by Gasteiger charge is 2.13. The highest BCUT2D eigenvalue weighted by Crippen LogP contribution is 2.30. The Bertz CT molecular complexity index is 1090. The summed E-state index contributed by atoms with van der Waals surface area (Å²) in [6, 6.07) is 26.7. The molecule has 0 aliphatic carbocycles. The Morgan fingerprint density at radius 1 is 0.967 bits per heavy atom. The molecule has 0 unspecified atom stereocenters. The first kappa shape index (κ1) is 20.4. The molecule has 0 saturated carbocycles. The second-order valence-electron chi connectivity index (χ2n) is 7.13. The number of para-hydroxylation sites is 2. The topological polar surface area (TPSA) is 45.2 Å². The number of rotatable bonds is 7. The van der Waals surface area contributed by atoms with Crippen molar-refractivity contribution in [1.82, 2.24) is 4.98 Å². The number of benzene rings is 3. The van der Waals surface area contributed by atoms with E-state index in [2.05, 4.69) is 47.2 Å². The van der Waals surface area contributed by atoms with Crippen LogP contribution in [0.15, 0.2) is 83.2 Å². The van der Waals surface area contributed by atoms with E-state index in [1.165, 1.54) is 11.8 Å². The lowest BCUT2D eigenvalue weighted by molar-refractivity contribution is -0.113. The molecule has 0 aliphatic heterocycles. The Kier molecular flexibility index (Phi) is 6.35. The van der Waals surface area contributed by atoms with E-state index in [1.54, 1.807) is 11.3 Å². The van der Waals surface area contributed by atoms with E-state index in [-0.39, 0.29) is 5.91 Å². The molecule has 1 N–H and O–H groups in total. The molecule has 152 valence electrons. The van der Waals surface area contributed by atoms with Gasteiger partial charge in [0.2, 0.25) is 5.91 Å². The van der Waals surface area contributed by atoms with Crippen LogP contribution < -0.4 is 10.2 Å². The summed E-state index contributed by atoms with van der Waals surface area (Å²) in [7, 11) is 0. The van der Waals surface area contributed by atoms with Gasteiger partial charge in [-0.2, -0.15) is 0 Å². The first-order chi connectivity index (χ1) is 14.6. The predicted molar refractivity (Wildman–Crippen MR) is 129 cm³/mol. The minimum atomic E-state index is -0.0317. The predicted octanol–water partition coefficient (Wildman–Crippen LogP) is 6.57. The number of hydrogen-bond donors (Lipinski definition) is 1. The number of nitrogens with zero attached hydrogens (tertiary/aromatic N) is 2. The van der Waals surface area contributed by atoms with Crippen LogP contribution in [0.1, 0.15) is 13.8 Å². The zero-order chi connectivity index (χ0) is 20.9. The number of fused-ring (bicyclic) bond motifs is 1. The molecule has 0 radical (unpaired) electrons. The molecular formula is C24H23N3OS2. The molecular weight excluding hydrogens is 410 g/mol. The molecule has 0 spiro atoms. The van der Waals surface area contributed by atoms with Crippen molar-refractivity contribution in [3.05, 3.63) is 78.9 Å². The Morgan fingerprint density at radius 3 is 2.33 bits per heavy atom. The Balaban J connectivity index is 1.38. The van der Waals surface area contributed by atoms with Gasteiger partial charge in [-0.25, -0.2) is 4.98 Å². The van der Waals surface area contributed by atoms with E-state index in [0.717, 1.165) is 31.6 Å². The van der Waals surface area contributed by atoms with Gasteiger partial charge in [0.25, 0.3) is 0 Å². The van der Waals surface area contributed by atoms with E-state index in [0.29, 0.717) is 11.8 Å². The first-order valence-corrected chi connectivity index (χ1v) is 11.6. The molecule has 0 atom stereocenters. The summed E-state index contributed by atoms with van der Waals surface area (Å²) in [5, 5.41) is 2.98. The van der Waals surface area contributed by atoms with Crippen molar-refractivity contribution in [3.8, 4) is 0 Å². The lowest BCUT2D eigenvalue weighted by atomic mass is 10.2. The standard InChI is InChI=1S/C24H23N3OS2/c1-17(2)27(19-8-4-3-5-9-19)20-14-12-18(13-15-20)25-23(28)16-29-24-26-21-10-6-7-11-22(21)30-24/h3-15,17H,16H2,1-2H3,(H,25,28). The average Bonchev–Trinajstić information content (AvgIpc) is 3.17. The molecule has 30 heavy (non-hydrogen) atoms. The fourth-order valence-electron chi connectivity index (χ4n) is 3.28. The number of carbonyl (C=O) groups excluding carboxylic acids is 1. The number of anilines is 3. The van der Waals surface area contributed by atoms with Gasteiger partial charge in [0, 0.05) is 23.1 Å². The van der Waals surface area contributed by atoms with Crippen LogP contribution in [0.3, 0.4) is 0 Å². The number of thiazole rings is 1. The Morgan fingerprint density at radius 2 is 1.63 bits per heavy atom. The SMILES string of the molecule is CC(C)N(c1ccccc1)c1ccc(NC(=O)CSc2nc3ccccc3s2)cc1. The largest absolute Gasteiger partial charge is 0.339 e. The summed E-state index contributed by atoms with van der Waals surface area (Å²) in [5.74, 6) is 0.305. The van der Waals surface area contributed by atoms with Crippen molar-refractivity contribution >= 4 is 56.3 Å². The number of nitrogens with one attached hydrogen (secondary N) is 1. The van der Waals surface area contributed by atoms with Gasteiger partial charge in [-0.1, -0.05) is 42.1 Å². The minimum Gasteiger partial charge on any atom is -0.339 e. The van der Waals surface area contributed by atoms with Gasteiger partial charge >= 0.3 is 0 Å². The van der Waals surface area contributed by atoms with Crippen LogP contribution in [-0.4, -0.2) is 22.7 Å². The summed E-state index contributed by atoms with van der Waals surface area (Å²) in [5.41, 5.74) is 4.02. The lowest BCUT2D eigenvalue weighted by Crippen LogP contribution is -2.25. The van der Waals surface area contributed by atoms with Crippen LogP contribution in [0.5, 0.6) is 0 Å². The van der Waals surface area contributed by atoms with E-state index < -0.39 is 0 Å². The Hall–Kier alpha value is -2.83. The quantitative estimate of drug-likeness (QED) is 0.335. The second-order valence-corrected chi connectivity index (χ2v) is 9.38. The Labute approximate surface area is 185 Å². The van der Waals surface area contributed by atoms with Crippen LogP contribution in [0, 0.1) is 0 Å². The second kappa shape index (κ2) is 9.32. The summed E-state index contributed by atoms with van der Waals surface area (Å²) in [6.45, 7) is 4.34. The third-order valence-electron chi connectivity index (χ3n) is 4.58. The number of thioether (sulfide) groups is 1. The fraction of sp³-hybridized carbons (Fsp3) is 0.167. The fourth-order valence-corrected chi connectivity index (χ4v) is 5.14. The number of carbonyl (C=O) groups is 1. The van der Waals surface area contributed by atoms with E-state index in [4.69, 9.17) is 0 Å². The summed E-state index contributed by atoms with van der Waals surface area (Å²) in [4.78, 5) is 19.2. The lowest BCUT2D eigenvalue weighted by Gasteiger charge is -2.29. The van der Waals surface area contributed by atoms with Gasteiger partial charge in [0.15, 0.2) is 4.34 Å². The zero-order valence-corrected chi connectivity index (χ0v) is 18.5. The van der Waals surface area contributed by atoms with Gasteiger partial charge in [-0.05, 0) is 62.4 Å². The van der Waals surface area contributed by atoms with Crippen molar-refractivity contribution in [2.45, 2.75) is 24.2 Å². The van der Waals surface area contributed by atoms with Crippen LogP contribution in [0.2, 0.25) is 0 Å². The minimum absolute atomic E-state index is 0.0317. The number of aromatic nitrogens is 1. The maximum Gasteiger partial charge on any atom is 0.234 e. The van der Waals surface area contributed by atoms with Crippen molar-refractivity contribution in [3.63, 3.8) is 0 Å². The number of hydrogen-bond acceptors (Lipinski definition) is 5. The maximum absolute atomic E-state index is 12.4. The molecule has 0 aliphatic rings. The van der Waals surface area contributed by atoms with Gasteiger partial charge in [-0.3, -0.25) is 4.79 Å². The summed E-state index contributed by atoms with van der Waals surface area (Å²) in [6.07, 6.45) is 0. The van der Waals surface area contributed by atoms with Crippen molar-refractivity contribution in [2.75, 3.05) is 16.0 Å². The van der Waals surface area contributed by atoms with Crippen LogP contribution in [-0.2, 0) is 4.79 Å². The average molecular weight is 434 g/mol. The van der Waals surface area contributed by atoms with Crippen LogP contribution in [0.4, 0.5) is 17.1 Å². The molecule has 4 rings (SSSR count). The van der Waals surface area contributed by atoms with Crippen LogP contribution >= 0.6 is 23.1 Å². The maximum atomic E-state index is 12.4. The molecule has 1 heterocycles. The third-order valence-corrected chi connectivity index (χ3v) is 6.76. The molecule has 4 nitrogen and oxygen atoms in total. The van der Waals surface area contributed by atoms with Crippen molar-refractivity contribution < 1.29 is 4.79 Å². The first-order valence-electron chi connectivity index (χ1n) is 9.83. The molecule has 3 aromatic carbocycles. The van der Waals surface area contributed by atoms with Gasteiger partial charge in [-0.15, -0.1) is 11.3 Å². The van der Waals surface area contributed by atoms with E-state index in [9.17, 15) is 4.79 Å². The van der Waals surface area contributed by atoms with Gasteiger partial charge in [0.05, 0.1) is 16.0 Å². The van der Waals surface area contributed by atoms with Gasteiger partial charge in [0.1, 0.15) is 0 Å². The normalized spacial score (nSPS) is 11.0. The zero-order valence-electron chi connectivity index (χ0n) is 16.9. The van der Waals surface area contributed by atoms with Gasteiger partial charge < -0.3 is 10.2 Å². The molecule has 1 amide bonds. The van der Waals surface area contributed by atoms with Crippen molar-refractivity contribution in [2.24, 2.45) is 0 Å². The highest BCUT2D eigenvalue weighted by molar-refractivity contribution is 8.01.